The van der Waals surface area contributed by atoms with Gasteiger partial charge in [-0.15, -0.1) is 0 Å². The molecule has 0 saturated carbocycles. The molecule has 0 spiro atoms. The number of likely N-dealkylation sites (tertiary alicyclic amines) is 1. The Balaban J connectivity index is 2.10. The van der Waals surface area contributed by atoms with Crippen LogP contribution in [0.1, 0.15) is 35.8 Å². The number of hydrogen-bond donors (Lipinski definition) is 1. The van der Waals surface area contributed by atoms with Crippen molar-refractivity contribution in [2.24, 2.45) is 5.92 Å². The van der Waals surface area contributed by atoms with E-state index in [0.29, 0.717) is 18.2 Å². The van der Waals surface area contributed by atoms with Gasteiger partial charge >= 0.3 is 5.97 Å². The maximum Gasteiger partial charge on any atom is 0.339 e. The van der Waals surface area contributed by atoms with Gasteiger partial charge in [0.15, 0.2) is 0 Å². The van der Waals surface area contributed by atoms with E-state index in [1.807, 2.05) is 0 Å². The highest BCUT2D eigenvalue weighted by Gasteiger charge is 2.19. The van der Waals surface area contributed by atoms with Gasteiger partial charge in [-0.2, -0.15) is 0 Å². The van der Waals surface area contributed by atoms with Crippen molar-refractivity contribution in [2.75, 3.05) is 13.1 Å². The summed E-state index contributed by atoms with van der Waals surface area (Å²) >= 11 is 0. The van der Waals surface area contributed by atoms with Crippen LogP contribution in [0.3, 0.4) is 0 Å². The molecule has 0 bridgehead atoms. The quantitative estimate of drug-likeness (QED) is 0.858. The molecule has 0 amide bonds. The van der Waals surface area contributed by atoms with Gasteiger partial charge in [-0.25, -0.2) is 14.8 Å². The number of aromatic carboxylic acids is 1. The van der Waals surface area contributed by atoms with Gasteiger partial charge in [0, 0.05) is 19.3 Å². The van der Waals surface area contributed by atoms with Gasteiger partial charge in [-0.05, 0) is 25.3 Å². The molecule has 1 N–H and O–H groups in total. The summed E-state index contributed by atoms with van der Waals surface area (Å²) in [5.74, 6) is -0.274. The third kappa shape index (κ3) is 3.00. The molecule has 1 aromatic heterocycles. The zero-order valence-corrected chi connectivity index (χ0v) is 9.96. The first-order chi connectivity index (χ1) is 8.16. The molecule has 1 fully saturated rings. The molecule has 2 rings (SSSR count). The SMILES string of the molecule is CC1CCCN(Cc2ncncc2C(=O)O)C1. The maximum absolute atomic E-state index is 11.0. The average Bonchev–Trinajstić information content (AvgIpc) is 2.29. The summed E-state index contributed by atoms with van der Waals surface area (Å²) in [6.07, 6.45) is 5.22. The van der Waals surface area contributed by atoms with Crippen LogP contribution < -0.4 is 0 Å². The van der Waals surface area contributed by atoms with Crippen molar-refractivity contribution in [1.82, 2.24) is 14.9 Å². The molecule has 1 atom stereocenters. The predicted octanol–water partition coefficient (Wildman–Crippen LogP) is 1.41. The molecule has 1 aromatic rings. The molecule has 2 heterocycles. The summed E-state index contributed by atoms with van der Waals surface area (Å²) < 4.78 is 0. The maximum atomic E-state index is 11.0. The van der Waals surface area contributed by atoms with E-state index in [0.717, 1.165) is 13.1 Å². The van der Waals surface area contributed by atoms with Gasteiger partial charge in [0.25, 0.3) is 0 Å². The molecule has 0 radical (unpaired) electrons. The Bertz CT molecular complexity index is 408. The lowest BCUT2D eigenvalue weighted by Crippen LogP contribution is -2.34. The minimum atomic E-state index is -0.953. The Kier molecular flexibility index (Phi) is 3.68. The molecule has 1 unspecified atom stereocenters. The Morgan fingerprint density at radius 2 is 2.47 bits per heavy atom. The van der Waals surface area contributed by atoms with Crippen LogP contribution in [0, 0.1) is 5.92 Å². The lowest BCUT2D eigenvalue weighted by molar-refractivity contribution is 0.0692. The monoisotopic (exact) mass is 235 g/mol. The summed E-state index contributed by atoms with van der Waals surface area (Å²) in [7, 11) is 0. The van der Waals surface area contributed by atoms with Crippen LogP contribution in [0.25, 0.3) is 0 Å². The molecular weight excluding hydrogens is 218 g/mol. The van der Waals surface area contributed by atoms with E-state index < -0.39 is 5.97 Å². The molecular formula is C12H17N3O2. The van der Waals surface area contributed by atoms with E-state index in [4.69, 9.17) is 5.11 Å². The van der Waals surface area contributed by atoms with Crippen molar-refractivity contribution >= 4 is 5.97 Å². The summed E-state index contributed by atoms with van der Waals surface area (Å²) in [6.45, 7) is 4.87. The highest BCUT2D eigenvalue weighted by molar-refractivity contribution is 5.88. The Labute approximate surface area is 100 Å². The fourth-order valence-corrected chi connectivity index (χ4v) is 2.30. The molecule has 5 nitrogen and oxygen atoms in total. The van der Waals surface area contributed by atoms with E-state index in [1.165, 1.54) is 25.4 Å². The third-order valence-corrected chi connectivity index (χ3v) is 3.14. The number of piperidine rings is 1. The summed E-state index contributed by atoms with van der Waals surface area (Å²) in [6, 6.07) is 0. The van der Waals surface area contributed by atoms with E-state index >= 15 is 0 Å². The molecule has 0 aliphatic carbocycles. The summed E-state index contributed by atoms with van der Waals surface area (Å²) in [5, 5.41) is 9.05. The Hall–Kier alpha value is -1.49. The molecule has 0 aromatic carbocycles. The Morgan fingerprint density at radius 1 is 1.65 bits per heavy atom. The number of nitrogens with zero attached hydrogens (tertiary/aromatic N) is 3. The van der Waals surface area contributed by atoms with Crippen LogP contribution >= 0.6 is 0 Å². The van der Waals surface area contributed by atoms with Crippen molar-refractivity contribution in [2.45, 2.75) is 26.3 Å². The van der Waals surface area contributed by atoms with Gasteiger partial charge in [0.2, 0.25) is 0 Å². The van der Waals surface area contributed by atoms with Crippen LogP contribution in [0.4, 0.5) is 0 Å². The summed E-state index contributed by atoms with van der Waals surface area (Å²) in [4.78, 5) is 21.1. The van der Waals surface area contributed by atoms with Gasteiger partial charge in [-0.1, -0.05) is 6.92 Å². The lowest BCUT2D eigenvalue weighted by Gasteiger charge is -2.30. The topological polar surface area (TPSA) is 66.3 Å². The first-order valence-electron chi connectivity index (χ1n) is 5.91. The van der Waals surface area contributed by atoms with Crippen molar-refractivity contribution in [1.29, 1.82) is 0 Å². The second-order valence-electron chi connectivity index (χ2n) is 4.67. The second-order valence-corrected chi connectivity index (χ2v) is 4.67. The second kappa shape index (κ2) is 5.23. The van der Waals surface area contributed by atoms with Crippen LogP contribution in [0.15, 0.2) is 12.5 Å². The van der Waals surface area contributed by atoms with E-state index in [9.17, 15) is 4.79 Å². The molecule has 92 valence electrons. The first kappa shape index (κ1) is 12.0. The zero-order chi connectivity index (χ0) is 12.3. The Morgan fingerprint density at radius 3 is 3.18 bits per heavy atom. The van der Waals surface area contributed by atoms with Crippen molar-refractivity contribution in [3.8, 4) is 0 Å². The summed E-state index contributed by atoms with van der Waals surface area (Å²) in [5.41, 5.74) is 0.826. The number of carboxylic acids is 1. The van der Waals surface area contributed by atoms with E-state index in [-0.39, 0.29) is 5.56 Å². The molecule has 5 heteroatoms. The number of aromatic nitrogens is 2. The standard InChI is InChI=1S/C12H17N3O2/c1-9-3-2-4-15(6-9)7-11-10(12(16)17)5-13-8-14-11/h5,8-9H,2-4,6-7H2,1H3,(H,16,17). The van der Waals surface area contributed by atoms with Crippen LogP contribution in [-0.4, -0.2) is 39.0 Å². The predicted molar refractivity (Wildman–Crippen MR) is 62.7 cm³/mol. The van der Waals surface area contributed by atoms with Gasteiger partial charge in [0.05, 0.1) is 5.69 Å². The van der Waals surface area contributed by atoms with Crippen molar-refractivity contribution in [3.63, 3.8) is 0 Å². The van der Waals surface area contributed by atoms with Gasteiger partial charge in [0.1, 0.15) is 11.9 Å². The van der Waals surface area contributed by atoms with Gasteiger partial charge < -0.3 is 5.11 Å². The number of rotatable bonds is 3. The van der Waals surface area contributed by atoms with Crippen molar-refractivity contribution in [3.05, 3.63) is 23.8 Å². The number of carboxylic acid groups (broad SMARTS) is 1. The lowest BCUT2D eigenvalue weighted by atomic mass is 10.00. The highest BCUT2D eigenvalue weighted by atomic mass is 16.4. The molecule has 1 saturated heterocycles. The van der Waals surface area contributed by atoms with Crippen LogP contribution in [-0.2, 0) is 6.54 Å². The smallest absolute Gasteiger partial charge is 0.339 e. The van der Waals surface area contributed by atoms with E-state index in [1.54, 1.807) is 0 Å². The third-order valence-electron chi connectivity index (χ3n) is 3.14. The normalized spacial score (nSPS) is 21.4. The molecule has 17 heavy (non-hydrogen) atoms. The van der Waals surface area contributed by atoms with Crippen LogP contribution in [0.5, 0.6) is 0 Å². The van der Waals surface area contributed by atoms with Crippen molar-refractivity contribution < 1.29 is 9.90 Å². The molecule has 1 aliphatic heterocycles. The van der Waals surface area contributed by atoms with E-state index in [2.05, 4.69) is 21.8 Å². The average molecular weight is 235 g/mol. The fraction of sp³-hybridized carbons (Fsp3) is 0.583. The molecule has 1 aliphatic rings. The minimum Gasteiger partial charge on any atom is -0.478 e. The fourth-order valence-electron chi connectivity index (χ4n) is 2.30. The van der Waals surface area contributed by atoms with Crippen LogP contribution in [0.2, 0.25) is 0 Å². The minimum absolute atomic E-state index is 0.214. The number of hydrogen-bond acceptors (Lipinski definition) is 4. The zero-order valence-electron chi connectivity index (χ0n) is 9.96. The van der Waals surface area contributed by atoms with Gasteiger partial charge in [-0.3, -0.25) is 4.90 Å². The highest BCUT2D eigenvalue weighted by Crippen LogP contribution is 2.18. The first-order valence-corrected chi connectivity index (χ1v) is 5.91. The largest absolute Gasteiger partial charge is 0.478 e. The number of carbonyl (C=O) groups is 1.